The van der Waals surface area contributed by atoms with Gasteiger partial charge < -0.3 is 15.2 Å². The maximum absolute atomic E-state index is 12.6. The summed E-state index contributed by atoms with van der Waals surface area (Å²) >= 11 is 1.53. The molecule has 1 atom stereocenters. The molecule has 29 heavy (non-hydrogen) atoms. The number of carbonyl (C=O) groups is 2. The average molecular weight is 418 g/mol. The first-order valence-electron chi connectivity index (χ1n) is 9.82. The van der Waals surface area contributed by atoms with Crippen molar-refractivity contribution in [2.24, 2.45) is 11.8 Å². The number of thioether (sulfide) groups is 1. The van der Waals surface area contributed by atoms with Gasteiger partial charge in [-0.15, -0.1) is 5.10 Å². The summed E-state index contributed by atoms with van der Waals surface area (Å²) in [5.41, 5.74) is 0.430. The van der Waals surface area contributed by atoms with E-state index < -0.39 is 12.0 Å². The number of rotatable bonds is 8. The first-order valence-corrected chi connectivity index (χ1v) is 11.2. The molecular weight excluding hydrogens is 392 g/mol. The zero-order valence-corrected chi connectivity index (χ0v) is 17.2. The van der Waals surface area contributed by atoms with E-state index in [2.05, 4.69) is 15.6 Å². The predicted octanol–water partition coefficient (Wildman–Crippen LogP) is 0.586. The third-order valence-corrected chi connectivity index (χ3v) is 6.13. The fourth-order valence-electron chi connectivity index (χ4n) is 3.77. The molecule has 1 aliphatic carbocycles. The molecule has 1 aliphatic rings. The van der Waals surface area contributed by atoms with E-state index in [0.29, 0.717) is 42.5 Å². The summed E-state index contributed by atoms with van der Waals surface area (Å²) in [6, 6.07) is 6.18. The quantitative estimate of drug-likeness (QED) is 0.668. The molecule has 8 nitrogen and oxygen atoms in total. The molecule has 1 fully saturated rings. The number of aromatic nitrogens is 3. The van der Waals surface area contributed by atoms with E-state index in [1.165, 1.54) is 16.4 Å². The van der Waals surface area contributed by atoms with Gasteiger partial charge in [0.1, 0.15) is 5.52 Å². The highest BCUT2D eigenvalue weighted by molar-refractivity contribution is 7.98. The number of carboxylic acid groups (broad SMARTS) is 1. The lowest BCUT2D eigenvalue weighted by Gasteiger charge is -2.29. The summed E-state index contributed by atoms with van der Waals surface area (Å²) in [6.45, 7) is 0.473. The van der Waals surface area contributed by atoms with Gasteiger partial charge in [-0.3, -0.25) is 9.59 Å². The second-order valence-corrected chi connectivity index (χ2v) is 8.46. The molecule has 0 aliphatic heterocycles. The monoisotopic (exact) mass is 417 g/mol. The Morgan fingerprint density at radius 3 is 2.69 bits per heavy atom. The number of hydrogen-bond donors (Lipinski definition) is 1. The molecule has 0 radical (unpaired) electrons. The zero-order valence-electron chi connectivity index (χ0n) is 16.4. The Labute approximate surface area is 173 Å². The summed E-state index contributed by atoms with van der Waals surface area (Å²) < 4.78 is 1.40. The topological polar surface area (TPSA) is 117 Å². The molecule has 1 heterocycles. The predicted molar refractivity (Wildman–Crippen MR) is 109 cm³/mol. The van der Waals surface area contributed by atoms with E-state index in [9.17, 15) is 19.5 Å². The Morgan fingerprint density at radius 2 is 2.00 bits per heavy atom. The van der Waals surface area contributed by atoms with Crippen molar-refractivity contribution in [2.75, 3.05) is 12.0 Å². The molecule has 0 unspecified atom stereocenters. The Morgan fingerprint density at radius 1 is 1.28 bits per heavy atom. The molecular formula is C20H25N4O4S-. The highest BCUT2D eigenvalue weighted by Gasteiger charge is 2.28. The molecule has 0 bridgehead atoms. The van der Waals surface area contributed by atoms with Crippen LogP contribution in [0.3, 0.4) is 0 Å². The summed E-state index contributed by atoms with van der Waals surface area (Å²) in [5, 5.41) is 22.5. The van der Waals surface area contributed by atoms with Gasteiger partial charge in [-0.05, 0) is 62.2 Å². The number of aliphatic carboxylic acids is 1. The van der Waals surface area contributed by atoms with Crippen LogP contribution in [0.2, 0.25) is 0 Å². The highest BCUT2D eigenvalue weighted by atomic mass is 32.2. The van der Waals surface area contributed by atoms with E-state index in [1.54, 1.807) is 18.2 Å². The van der Waals surface area contributed by atoms with Crippen molar-refractivity contribution in [1.82, 2.24) is 20.3 Å². The second kappa shape index (κ2) is 9.87. The van der Waals surface area contributed by atoms with Crippen molar-refractivity contribution in [3.63, 3.8) is 0 Å². The Bertz CT molecular complexity index is 924. The van der Waals surface area contributed by atoms with Crippen LogP contribution in [0, 0.1) is 11.8 Å². The number of nitrogens with one attached hydrogen (secondary N) is 1. The highest BCUT2D eigenvalue weighted by Crippen LogP contribution is 2.29. The number of carbonyl (C=O) groups excluding carboxylic acids is 2. The number of nitrogens with zero attached hydrogens (tertiary/aromatic N) is 3. The lowest BCUT2D eigenvalue weighted by molar-refractivity contribution is -0.308. The van der Waals surface area contributed by atoms with Gasteiger partial charge in [0.2, 0.25) is 5.91 Å². The summed E-state index contributed by atoms with van der Waals surface area (Å²) in [4.78, 5) is 36.3. The van der Waals surface area contributed by atoms with Crippen molar-refractivity contribution >= 4 is 34.5 Å². The average Bonchev–Trinajstić information content (AvgIpc) is 2.73. The lowest BCUT2D eigenvalue weighted by atomic mass is 9.81. The zero-order chi connectivity index (χ0) is 20.8. The van der Waals surface area contributed by atoms with Gasteiger partial charge in [-0.2, -0.15) is 11.8 Å². The van der Waals surface area contributed by atoms with Gasteiger partial charge in [-0.1, -0.05) is 17.3 Å². The van der Waals surface area contributed by atoms with Crippen molar-refractivity contribution in [1.29, 1.82) is 0 Å². The minimum atomic E-state index is -1.24. The first-order chi connectivity index (χ1) is 14.0. The van der Waals surface area contributed by atoms with Crippen LogP contribution >= 0.6 is 11.8 Å². The van der Waals surface area contributed by atoms with Crippen LogP contribution in [-0.4, -0.2) is 44.9 Å². The van der Waals surface area contributed by atoms with Crippen molar-refractivity contribution in [3.05, 3.63) is 34.6 Å². The fraction of sp³-hybridized carbons (Fsp3) is 0.550. The minimum Gasteiger partial charge on any atom is -0.548 e. The number of hydrogen-bond acceptors (Lipinski definition) is 7. The van der Waals surface area contributed by atoms with Gasteiger partial charge in [-0.25, -0.2) is 4.68 Å². The van der Waals surface area contributed by atoms with Crippen molar-refractivity contribution < 1.29 is 14.7 Å². The van der Waals surface area contributed by atoms with Crippen molar-refractivity contribution in [2.45, 2.75) is 44.7 Å². The molecule has 1 aromatic heterocycles. The van der Waals surface area contributed by atoms with E-state index in [1.807, 2.05) is 12.3 Å². The van der Waals surface area contributed by atoms with Crippen LogP contribution in [0.25, 0.3) is 10.9 Å². The van der Waals surface area contributed by atoms with Crippen molar-refractivity contribution in [3.8, 4) is 0 Å². The van der Waals surface area contributed by atoms with E-state index in [0.717, 1.165) is 12.8 Å². The second-order valence-electron chi connectivity index (χ2n) is 7.47. The normalized spacial score (nSPS) is 20.3. The largest absolute Gasteiger partial charge is 0.548 e. The number of carboxylic acids is 1. The van der Waals surface area contributed by atoms with E-state index >= 15 is 0 Å². The third-order valence-electron chi connectivity index (χ3n) is 5.49. The molecule has 2 aromatic rings. The van der Waals surface area contributed by atoms with Gasteiger partial charge in [0.25, 0.3) is 5.56 Å². The molecule has 3 rings (SSSR count). The standard InChI is InChI=1S/C20H26N4O4S/c1-29-11-10-17(20(27)28)21-18(25)14-8-6-13(7-9-14)12-24-19(26)15-4-2-3-5-16(15)22-23-24/h2-5,13-14,17H,6-12H2,1H3,(H,21,25)(H,27,28)/p-1/t13?,14?,17-/m0/s1. The van der Waals surface area contributed by atoms with Crippen LogP contribution in [0.1, 0.15) is 32.1 Å². The number of amides is 1. The Balaban J connectivity index is 1.55. The number of benzene rings is 1. The molecule has 1 aromatic carbocycles. The van der Waals surface area contributed by atoms with Gasteiger partial charge in [0, 0.05) is 12.5 Å². The van der Waals surface area contributed by atoms with Crippen LogP contribution in [0.5, 0.6) is 0 Å². The smallest absolute Gasteiger partial charge is 0.277 e. The van der Waals surface area contributed by atoms with Gasteiger partial charge in [0.15, 0.2) is 0 Å². The van der Waals surface area contributed by atoms with Crippen LogP contribution in [0.4, 0.5) is 0 Å². The SMILES string of the molecule is CSCC[C@H](NC(=O)C1CCC(Cn2nnc3ccccc3c2=O)CC1)C(=O)[O-]. The molecule has 156 valence electrons. The summed E-state index contributed by atoms with van der Waals surface area (Å²) in [5.74, 6) is -0.785. The maximum Gasteiger partial charge on any atom is 0.277 e. The maximum atomic E-state index is 12.6. The van der Waals surface area contributed by atoms with E-state index in [4.69, 9.17) is 0 Å². The third kappa shape index (κ3) is 5.35. The van der Waals surface area contributed by atoms with Gasteiger partial charge >= 0.3 is 0 Å². The summed E-state index contributed by atoms with van der Waals surface area (Å²) in [6.07, 6.45) is 5.12. The molecule has 1 saturated carbocycles. The summed E-state index contributed by atoms with van der Waals surface area (Å²) in [7, 11) is 0. The first kappa shape index (κ1) is 21.3. The van der Waals surface area contributed by atoms with Crippen LogP contribution in [0.15, 0.2) is 29.1 Å². The number of fused-ring (bicyclic) bond motifs is 1. The molecule has 9 heteroatoms. The lowest BCUT2D eigenvalue weighted by Crippen LogP contribution is -2.50. The molecule has 1 N–H and O–H groups in total. The minimum absolute atomic E-state index is 0.152. The van der Waals surface area contributed by atoms with E-state index in [-0.39, 0.29) is 23.3 Å². The van der Waals surface area contributed by atoms with Gasteiger partial charge in [0.05, 0.1) is 17.4 Å². The Hall–Kier alpha value is -2.42. The molecule has 0 saturated heterocycles. The molecule has 0 spiro atoms. The fourth-order valence-corrected chi connectivity index (χ4v) is 4.24. The van der Waals surface area contributed by atoms with Crippen LogP contribution in [-0.2, 0) is 16.1 Å². The Kier molecular flexibility index (Phi) is 7.24. The molecule has 1 amide bonds. The van der Waals surface area contributed by atoms with Crippen LogP contribution < -0.4 is 16.0 Å².